The predicted octanol–water partition coefficient (Wildman–Crippen LogP) is 6.66. The van der Waals surface area contributed by atoms with Crippen LogP contribution in [0, 0.1) is 0 Å². The van der Waals surface area contributed by atoms with Gasteiger partial charge in [0.05, 0.1) is 6.61 Å². The number of rotatable bonds is 20. The van der Waals surface area contributed by atoms with E-state index in [-0.39, 0.29) is 13.2 Å². The first-order valence-electron chi connectivity index (χ1n) is 11.8. The van der Waals surface area contributed by atoms with Gasteiger partial charge in [0, 0.05) is 7.05 Å². The Morgan fingerprint density at radius 3 is 1.66 bits per heavy atom. The van der Waals surface area contributed by atoms with Gasteiger partial charge in [0.15, 0.2) is 0 Å². The van der Waals surface area contributed by atoms with Crippen LogP contribution in [0.2, 0.25) is 0 Å². The Kier molecular flexibility index (Phi) is 20.1. The molecule has 5 nitrogen and oxygen atoms in total. The molecule has 0 saturated carbocycles. The number of hydrogen-bond donors (Lipinski definition) is 0. The van der Waals surface area contributed by atoms with E-state index >= 15 is 0 Å². The Labute approximate surface area is 179 Å². The Morgan fingerprint density at radius 2 is 1.21 bits per heavy atom. The third-order valence-corrected chi connectivity index (χ3v) is 5.01. The highest BCUT2D eigenvalue weighted by molar-refractivity contribution is 5.77. The third-order valence-electron chi connectivity index (χ3n) is 5.01. The molecule has 0 aliphatic carbocycles. The van der Waals surface area contributed by atoms with E-state index in [0.717, 1.165) is 12.8 Å². The van der Waals surface area contributed by atoms with E-state index in [0.29, 0.717) is 6.61 Å². The van der Waals surface area contributed by atoms with Gasteiger partial charge in [0.1, 0.15) is 13.2 Å². The summed E-state index contributed by atoms with van der Waals surface area (Å²) in [6, 6.07) is 0. The maximum atomic E-state index is 11.7. The number of carbonyl (C=O) groups is 2. The lowest BCUT2D eigenvalue weighted by molar-refractivity contribution is -0.144. The maximum absolute atomic E-state index is 11.7. The standard InChI is InChI=1S/C24H45NO4/c1-4-6-7-8-9-10-11-12-13-14-15-16-17-18-19-21-28-23(26)22-25(3)24(27)29-20-5-2/h5H,2,4,6-22H2,1,3H3. The summed E-state index contributed by atoms with van der Waals surface area (Å²) in [6.07, 6.45) is 20.6. The second kappa shape index (κ2) is 21.2. The van der Waals surface area contributed by atoms with Crippen molar-refractivity contribution in [2.45, 2.75) is 103 Å². The minimum atomic E-state index is -0.547. The average Bonchev–Trinajstić information content (AvgIpc) is 2.71. The molecule has 0 atom stereocenters. The minimum absolute atomic E-state index is 0.0886. The summed E-state index contributed by atoms with van der Waals surface area (Å²) in [6.45, 7) is 6.21. The summed E-state index contributed by atoms with van der Waals surface area (Å²) >= 11 is 0. The van der Waals surface area contributed by atoms with Gasteiger partial charge in [-0.15, -0.1) is 0 Å². The van der Waals surface area contributed by atoms with Crippen LogP contribution in [0.1, 0.15) is 103 Å². The van der Waals surface area contributed by atoms with Gasteiger partial charge in [0.25, 0.3) is 0 Å². The normalized spacial score (nSPS) is 10.6. The van der Waals surface area contributed by atoms with Crippen LogP contribution in [-0.2, 0) is 14.3 Å². The molecule has 0 rings (SSSR count). The molecule has 0 aromatic carbocycles. The number of hydrogen-bond acceptors (Lipinski definition) is 4. The first-order valence-corrected chi connectivity index (χ1v) is 11.8. The van der Waals surface area contributed by atoms with Crippen LogP contribution in [0.15, 0.2) is 12.7 Å². The summed E-state index contributed by atoms with van der Waals surface area (Å²) in [5, 5.41) is 0. The predicted molar refractivity (Wildman–Crippen MR) is 120 cm³/mol. The summed E-state index contributed by atoms with van der Waals surface area (Å²) in [4.78, 5) is 24.4. The molecule has 1 amide bonds. The lowest BCUT2D eigenvalue weighted by Crippen LogP contribution is -2.33. The Morgan fingerprint density at radius 1 is 0.759 bits per heavy atom. The zero-order valence-corrected chi connectivity index (χ0v) is 19.1. The first-order chi connectivity index (χ1) is 14.1. The van der Waals surface area contributed by atoms with E-state index in [9.17, 15) is 9.59 Å². The molecule has 29 heavy (non-hydrogen) atoms. The lowest BCUT2D eigenvalue weighted by Gasteiger charge is -2.15. The van der Waals surface area contributed by atoms with Crippen molar-refractivity contribution in [3.63, 3.8) is 0 Å². The molecular formula is C24H45NO4. The SMILES string of the molecule is C=CCOC(=O)N(C)CC(=O)OCCCCCCCCCCCCCCCCC. The van der Waals surface area contributed by atoms with Gasteiger partial charge in [-0.2, -0.15) is 0 Å². The van der Waals surface area contributed by atoms with Crippen LogP contribution in [-0.4, -0.2) is 43.8 Å². The molecule has 0 aliphatic heterocycles. The molecule has 0 aromatic rings. The largest absolute Gasteiger partial charge is 0.464 e. The molecule has 0 bridgehead atoms. The highest BCUT2D eigenvalue weighted by Gasteiger charge is 2.14. The van der Waals surface area contributed by atoms with E-state index in [4.69, 9.17) is 9.47 Å². The molecule has 0 heterocycles. The quantitative estimate of drug-likeness (QED) is 0.128. The van der Waals surface area contributed by atoms with Gasteiger partial charge >= 0.3 is 12.1 Å². The number of likely N-dealkylation sites (N-methyl/N-ethyl adjacent to an activating group) is 1. The number of ether oxygens (including phenoxy) is 2. The molecule has 0 fully saturated rings. The van der Waals surface area contributed by atoms with Crippen molar-refractivity contribution in [1.82, 2.24) is 4.90 Å². The van der Waals surface area contributed by atoms with Gasteiger partial charge < -0.3 is 14.4 Å². The maximum Gasteiger partial charge on any atom is 0.410 e. The van der Waals surface area contributed by atoms with Crippen molar-refractivity contribution < 1.29 is 19.1 Å². The molecule has 0 spiro atoms. The fourth-order valence-corrected chi connectivity index (χ4v) is 3.20. The lowest BCUT2D eigenvalue weighted by atomic mass is 10.0. The van der Waals surface area contributed by atoms with E-state index in [1.54, 1.807) is 0 Å². The van der Waals surface area contributed by atoms with Gasteiger partial charge in [-0.1, -0.05) is 109 Å². The Bertz CT molecular complexity index is 412. The second-order valence-electron chi connectivity index (χ2n) is 7.89. The highest BCUT2D eigenvalue weighted by Crippen LogP contribution is 2.13. The van der Waals surface area contributed by atoms with Crippen molar-refractivity contribution in [1.29, 1.82) is 0 Å². The zero-order chi connectivity index (χ0) is 21.6. The van der Waals surface area contributed by atoms with Crippen molar-refractivity contribution in [2.24, 2.45) is 0 Å². The van der Waals surface area contributed by atoms with Crippen molar-refractivity contribution in [3.8, 4) is 0 Å². The van der Waals surface area contributed by atoms with E-state index < -0.39 is 12.1 Å². The molecule has 170 valence electrons. The van der Waals surface area contributed by atoms with Gasteiger partial charge in [-0.05, 0) is 6.42 Å². The minimum Gasteiger partial charge on any atom is -0.464 e. The molecule has 0 saturated heterocycles. The van der Waals surface area contributed by atoms with Crippen LogP contribution >= 0.6 is 0 Å². The number of nitrogens with zero attached hydrogens (tertiary/aromatic N) is 1. The summed E-state index contributed by atoms with van der Waals surface area (Å²) < 4.78 is 10.0. The zero-order valence-electron chi connectivity index (χ0n) is 19.1. The molecule has 0 radical (unpaired) electrons. The highest BCUT2D eigenvalue weighted by atomic mass is 16.6. The van der Waals surface area contributed by atoms with E-state index in [2.05, 4.69) is 13.5 Å². The second-order valence-corrected chi connectivity index (χ2v) is 7.89. The van der Waals surface area contributed by atoms with Crippen LogP contribution < -0.4 is 0 Å². The molecule has 0 aromatic heterocycles. The van der Waals surface area contributed by atoms with Crippen LogP contribution in [0.5, 0.6) is 0 Å². The summed E-state index contributed by atoms with van der Waals surface area (Å²) in [5.41, 5.74) is 0. The summed E-state index contributed by atoms with van der Waals surface area (Å²) in [7, 11) is 1.51. The first kappa shape index (κ1) is 27.5. The van der Waals surface area contributed by atoms with Gasteiger partial charge in [0.2, 0.25) is 0 Å². The fraction of sp³-hybridized carbons (Fsp3) is 0.833. The average molecular weight is 412 g/mol. The number of carbonyl (C=O) groups excluding carboxylic acids is 2. The molecule has 0 aliphatic rings. The monoisotopic (exact) mass is 411 g/mol. The van der Waals surface area contributed by atoms with Gasteiger partial charge in [-0.25, -0.2) is 4.79 Å². The van der Waals surface area contributed by atoms with Crippen molar-refractivity contribution in [2.75, 3.05) is 26.8 Å². The summed E-state index contributed by atoms with van der Waals surface area (Å²) in [5.74, 6) is -0.395. The van der Waals surface area contributed by atoms with E-state index in [1.165, 1.54) is 101 Å². The number of amides is 1. The Balaban J connectivity index is 3.31. The van der Waals surface area contributed by atoms with Crippen molar-refractivity contribution >= 4 is 12.1 Å². The molecule has 0 unspecified atom stereocenters. The molecular weight excluding hydrogens is 366 g/mol. The molecule has 5 heteroatoms. The smallest absolute Gasteiger partial charge is 0.410 e. The fourth-order valence-electron chi connectivity index (χ4n) is 3.20. The van der Waals surface area contributed by atoms with Crippen LogP contribution in [0.3, 0.4) is 0 Å². The topological polar surface area (TPSA) is 55.8 Å². The third kappa shape index (κ3) is 19.6. The van der Waals surface area contributed by atoms with Gasteiger partial charge in [-0.3, -0.25) is 4.79 Å². The van der Waals surface area contributed by atoms with E-state index in [1.807, 2.05) is 0 Å². The Hall–Kier alpha value is -1.52. The molecule has 0 N–H and O–H groups in total. The number of esters is 1. The van der Waals surface area contributed by atoms with Crippen LogP contribution in [0.4, 0.5) is 4.79 Å². The van der Waals surface area contributed by atoms with Crippen molar-refractivity contribution in [3.05, 3.63) is 12.7 Å². The number of unbranched alkanes of at least 4 members (excludes halogenated alkanes) is 14. The van der Waals surface area contributed by atoms with Crippen LogP contribution in [0.25, 0.3) is 0 Å².